The second-order valence-corrected chi connectivity index (χ2v) is 9.10. The number of hydrogen-bond acceptors (Lipinski definition) is 5. The van der Waals surface area contributed by atoms with Crippen LogP contribution in [-0.4, -0.2) is 54.2 Å². The number of nitrogens with zero attached hydrogens (tertiary/aromatic N) is 3. The van der Waals surface area contributed by atoms with Crippen LogP contribution in [0.5, 0.6) is 0 Å². The summed E-state index contributed by atoms with van der Waals surface area (Å²) in [5, 5.41) is 12.4. The number of rotatable bonds is 6. The molecule has 0 aromatic carbocycles. The van der Waals surface area contributed by atoms with Gasteiger partial charge in [-0.2, -0.15) is 0 Å². The maximum atomic E-state index is 13.1. The van der Waals surface area contributed by atoms with Crippen LogP contribution in [0.4, 0.5) is 11.6 Å². The molecule has 0 bridgehead atoms. The van der Waals surface area contributed by atoms with Gasteiger partial charge in [0.15, 0.2) is 0 Å². The Kier molecular flexibility index (Phi) is 6.75. The number of hydrogen-bond donors (Lipinski definition) is 2. The second-order valence-electron chi connectivity index (χ2n) is 9.10. The van der Waals surface area contributed by atoms with Crippen molar-refractivity contribution in [3.8, 4) is 0 Å². The van der Waals surface area contributed by atoms with Gasteiger partial charge in [-0.25, -0.2) is 4.98 Å². The van der Waals surface area contributed by atoms with Gasteiger partial charge in [0.2, 0.25) is 0 Å². The van der Waals surface area contributed by atoms with E-state index in [1.165, 1.54) is 19.3 Å². The monoisotopic (exact) mass is 414 g/mol. The molecule has 1 saturated carbocycles. The number of anilines is 2. The third-order valence-electron chi connectivity index (χ3n) is 6.76. The summed E-state index contributed by atoms with van der Waals surface area (Å²) >= 11 is 0. The Labute approximate surface area is 178 Å². The third kappa shape index (κ3) is 5.05. The fourth-order valence-corrected chi connectivity index (χ4v) is 5.16. The predicted molar refractivity (Wildman–Crippen MR) is 117 cm³/mol. The molecule has 2 aliphatic heterocycles. The average Bonchev–Trinajstić information content (AvgIpc) is 3.28. The Balaban J connectivity index is 1.54. The van der Waals surface area contributed by atoms with Gasteiger partial charge < -0.3 is 20.2 Å². The van der Waals surface area contributed by atoms with E-state index in [1.807, 2.05) is 12.1 Å². The van der Waals surface area contributed by atoms with Crippen molar-refractivity contribution in [3.63, 3.8) is 0 Å². The molecule has 164 valence electrons. The molecule has 1 aliphatic carbocycles. The predicted octanol–water partition coefficient (Wildman–Crippen LogP) is 3.44. The maximum absolute atomic E-state index is 13.1. The molecule has 2 N–H and O–H groups in total. The van der Waals surface area contributed by atoms with E-state index in [-0.39, 0.29) is 24.3 Å². The van der Waals surface area contributed by atoms with Gasteiger partial charge in [0.25, 0.3) is 5.91 Å². The first kappa shape index (κ1) is 20.9. The van der Waals surface area contributed by atoms with E-state index < -0.39 is 5.97 Å². The van der Waals surface area contributed by atoms with Gasteiger partial charge in [0.05, 0.1) is 5.56 Å². The summed E-state index contributed by atoms with van der Waals surface area (Å²) in [5.41, 5.74) is 0.672. The van der Waals surface area contributed by atoms with Gasteiger partial charge in [0, 0.05) is 38.6 Å². The van der Waals surface area contributed by atoms with Crippen molar-refractivity contribution in [3.05, 3.63) is 17.7 Å². The number of carbonyl (C=O) groups excluding carboxylic acids is 1. The minimum atomic E-state index is -0.734. The van der Waals surface area contributed by atoms with Gasteiger partial charge in [-0.3, -0.25) is 9.59 Å². The number of nitrogens with one attached hydrogen (secondary N) is 1. The van der Waals surface area contributed by atoms with E-state index in [4.69, 9.17) is 10.1 Å². The molecule has 7 nitrogen and oxygen atoms in total. The van der Waals surface area contributed by atoms with Crippen molar-refractivity contribution in [2.45, 2.75) is 70.3 Å². The Bertz CT molecular complexity index is 757. The quantitative estimate of drug-likeness (QED) is 0.742. The molecule has 1 aromatic heterocycles. The van der Waals surface area contributed by atoms with Crippen LogP contribution in [-0.2, 0) is 4.79 Å². The van der Waals surface area contributed by atoms with Crippen molar-refractivity contribution in [1.29, 1.82) is 0 Å². The van der Waals surface area contributed by atoms with Gasteiger partial charge in [-0.15, -0.1) is 0 Å². The van der Waals surface area contributed by atoms with Crippen molar-refractivity contribution in [1.82, 2.24) is 10.3 Å². The molecule has 7 heteroatoms. The number of carboxylic acid groups (broad SMARTS) is 1. The summed E-state index contributed by atoms with van der Waals surface area (Å²) in [7, 11) is 0. The minimum absolute atomic E-state index is 0.00903. The summed E-state index contributed by atoms with van der Waals surface area (Å²) in [4.78, 5) is 33.6. The Morgan fingerprint density at radius 3 is 2.43 bits per heavy atom. The lowest BCUT2D eigenvalue weighted by Gasteiger charge is -2.34. The fourth-order valence-electron chi connectivity index (χ4n) is 5.16. The molecule has 4 rings (SSSR count). The highest BCUT2D eigenvalue weighted by Gasteiger charge is 2.27. The molecule has 3 fully saturated rings. The standard InChI is InChI=1S/C23H34N4O3/c28-21(29)15-17-7-6-14-27(16-17)20-11-10-19(22(25-20)26-12-4-5-13-26)23(30)24-18-8-2-1-3-9-18/h10-11,17-18H,1-9,12-16H2,(H,24,30)(H,28,29)/t17-/m0/s1. The van der Waals surface area contributed by atoms with Crippen LogP contribution in [0.15, 0.2) is 12.1 Å². The molecule has 1 atom stereocenters. The summed E-state index contributed by atoms with van der Waals surface area (Å²) in [6.45, 7) is 3.46. The second kappa shape index (κ2) is 9.67. The first-order valence-corrected chi connectivity index (χ1v) is 11.6. The molecule has 0 radical (unpaired) electrons. The third-order valence-corrected chi connectivity index (χ3v) is 6.76. The molecule has 30 heavy (non-hydrogen) atoms. The van der Waals surface area contributed by atoms with Crippen molar-refractivity contribution in [2.75, 3.05) is 36.0 Å². The zero-order valence-electron chi connectivity index (χ0n) is 17.8. The Hall–Kier alpha value is -2.31. The summed E-state index contributed by atoms with van der Waals surface area (Å²) in [6.07, 6.45) is 10.1. The van der Waals surface area contributed by atoms with Crippen LogP contribution in [0.3, 0.4) is 0 Å². The van der Waals surface area contributed by atoms with E-state index in [0.717, 1.165) is 69.8 Å². The summed E-state index contributed by atoms with van der Waals surface area (Å²) in [5.74, 6) is 1.06. The van der Waals surface area contributed by atoms with Gasteiger partial charge in [-0.1, -0.05) is 19.3 Å². The lowest BCUT2D eigenvalue weighted by atomic mass is 9.95. The number of carboxylic acids is 1. The van der Waals surface area contributed by atoms with Gasteiger partial charge in [-0.05, 0) is 56.6 Å². The highest BCUT2D eigenvalue weighted by molar-refractivity contribution is 5.99. The van der Waals surface area contributed by atoms with Crippen LogP contribution in [0, 0.1) is 5.92 Å². The van der Waals surface area contributed by atoms with Gasteiger partial charge >= 0.3 is 5.97 Å². The minimum Gasteiger partial charge on any atom is -0.481 e. The molecular formula is C23H34N4O3. The smallest absolute Gasteiger partial charge is 0.303 e. The Morgan fingerprint density at radius 2 is 1.70 bits per heavy atom. The van der Waals surface area contributed by atoms with E-state index >= 15 is 0 Å². The van der Waals surface area contributed by atoms with Crippen LogP contribution < -0.4 is 15.1 Å². The van der Waals surface area contributed by atoms with Crippen molar-refractivity contribution < 1.29 is 14.7 Å². The molecular weight excluding hydrogens is 380 g/mol. The highest BCUT2D eigenvalue weighted by atomic mass is 16.4. The van der Waals surface area contributed by atoms with E-state index in [2.05, 4.69) is 15.1 Å². The number of aromatic nitrogens is 1. The number of carbonyl (C=O) groups is 2. The number of pyridine rings is 1. The molecule has 3 heterocycles. The van der Waals surface area contributed by atoms with Crippen LogP contribution in [0.1, 0.15) is 74.6 Å². The van der Waals surface area contributed by atoms with Crippen LogP contribution in [0.25, 0.3) is 0 Å². The first-order chi connectivity index (χ1) is 14.6. The fraction of sp³-hybridized carbons (Fsp3) is 0.696. The maximum Gasteiger partial charge on any atom is 0.303 e. The summed E-state index contributed by atoms with van der Waals surface area (Å²) in [6, 6.07) is 4.14. The normalized spacial score (nSPS) is 22.9. The molecule has 1 aromatic rings. The Morgan fingerprint density at radius 1 is 0.967 bits per heavy atom. The SMILES string of the molecule is O=C(O)C[C@@H]1CCCN(c2ccc(C(=O)NC3CCCCC3)c(N3CCCC3)n2)C1. The first-order valence-electron chi connectivity index (χ1n) is 11.6. The zero-order valence-corrected chi connectivity index (χ0v) is 17.8. The van der Waals surface area contributed by atoms with Crippen LogP contribution in [0.2, 0.25) is 0 Å². The molecule has 2 saturated heterocycles. The zero-order chi connectivity index (χ0) is 20.9. The van der Waals surface area contributed by atoms with E-state index in [9.17, 15) is 9.59 Å². The summed E-state index contributed by atoms with van der Waals surface area (Å²) < 4.78 is 0. The molecule has 0 spiro atoms. The average molecular weight is 415 g/mol. The number of aliphatic carboxylic acids is 1. The van der Waals surface area contributed by atoms with E-state index in [1.54, 1.807) is 0 Å². The molecule has 0 unspecified atom stereocenters. The van der Waals surface area contributed by atoms with Crippen molar-refractivity contribution >= 4 is 23.5 Å². The molecule has 3 aliphatic rings. The largest absolute Gasteiger partial charge is 0.481 e. The van der Waals surface area contributed by atoms with E-state index in [0.29, 0.717) is 12.1 Å². The topological polar surface area (TPSA) is 85.8 Å². The van der Waals surface area contributed by atoms with Gasteiger partial charge in [0.1, 0.15) is 11.6 Å². The van der Waals surface area contributed by atoms with Crippen molar-refractivity contribution in [2.24, 2.45) is 5.92 Å². The number of amides is 1. The number of piperidine rings is 1. The molecule has 1 amide bonds. The highest BCUT2D eigenvalue weighted by Crippen LogP contribution is 2.29. The lowest BCUT2D eigenvalue weighted by Crippen LogP contribution is -2.38. The lowest BCUT2D eigenvalue weighted by molar-refractivity contribution is -0.138. The van der Waals surface area contributed by atoms with Crippen LogP contribution >= 0.6 is 0 Å².